The highest BCUT2D eigenvalue weighted by atomic mass is 16.2. The molecule has 4 nitrogen and oxygen atoms in total. The average Bonchev–Trinajstić information content (AvgIpc) is 3.05. The Bertz CT molecular complexity index is 270. The van der Waals surface area contributed by atoms with Crippen LogP contribution in [-0.2, 0) is 4.79 Å². The second-order valence-electron chi connectivity index (χ2n) is 6.15. The fourth-order valence-corrected chi connectivity index (χ4v) is 2.54. The van der Waals surface area contributed by atoms with Gasteiger partial charge in [-0.15, -0.1) is 0 Å². The van der Waals surface area contributed by atoms with E-state index in [1.807, 2.05) is 0 Å². The zero-order chi connectivity index (χ0) is 13.0. The molecular weight excluding hydrogens is 226 g/mol. The molecule has 0 aromatic carbocycles. The van der Waals surface area contributed by atoms with Gasteiger partial charge < -0.3 is 10.6 Å². The summed E-state index contributed by atoms with van der Waals surface area (Å²) in [5.74, 6) is 0.716. The van der Waals surface area contributed by atoms with Crippen LogP contribution in [0.2, 0.25) is 0 Å². The third-order valence-electron chi connectivity index (χ3n) is 3.73. The Morgan fingerprint density at radius 3 is 2.72 bits per heavy atom. The molecule has 0 spiro atoms. The van der Waals surface area contributed by atoms with Crippen LogP contribution >= 0.6 is 0 Å². The summed E-state index contributed by atoms with van der Waals surface area (Å²) in [7, 11) is 0. The highest BCUT2D eigenvalue weighted by Gasteiger charge is 2.32. The molecule has 0 bridgehead atoms. The van der Waals surface area contributed by atoms with Crippen molar-refractivity contribution >= 4 is 5.91 Å². The molecular formula is C14H27N3O. The van der Waals surface area contributed by atoms with Crippen LogP contribution in [0.3, 0.4) is 0 Å². The van der Waals surface area contributed by atoms with Crippen molar-refractivity contribution in [2.45, 2.75) is 51.6 Å². The number of hydrogen-bond donors (Lipinski definition) is 2. The van der Waals surface area contributed by atoms with Gasteiger partial charge in [-0.2, -0.15) is 0 Å². The molecule has 18 heavy (non-hydrogen) atoms. The van der Waals surface area contributed by atoms with Gasteiger partial charge in [0.1, 0.15) is 0 Å². The highest BCUT2D eigenvalue weighted by Crippen LogP contribution is 2.27. The second kappa shape index (κ2) is 6.53. The largest absolute Gasteiger partial charge is 0.355 e. The molecule has 2 aliphatic rings. The summed E-state index contributed by atoms with van der Waals surface area (Å²) < 4.78 is 0. The second-order valence-corrected chi connectivity index (χ2v) is 6.15. The van der Waals surface area contributed by atoms with E-state index >= 15 is 0 Å². The lowest BCUT2D eigenvalue weighted by Gasteiger charge is -2.25. The molecule has 0 aromatic heterocycles. The van der Waals surface area contributed by atoms with E-state index in [-0.39, 0.29) is 5.91 Å². The summed E-state index contributed by atoms with van der Waals surface area (Å²) in [6.07, 6.45) is 5.08. The van der Waals surface area contributed by atoms with Gasteiger partial charge in [0.25, 0.3) is 0 Å². The molecule has 2 fully saturated rings. The number of carbonyl (C=O) groups is 1. The minimum absolute atomic E-state index is 0.189. The molecule has 1 saturated carbocycles. The summed E-state index contributed by atoms with van der Waals surface area (Å²) in [5, 5.41) is 6.54. The molecule has 0 aromatic rings. The number of hydrogen-bond acceptors (Lipinski definition) is 3. The number of nitrogens with zero attached hydrogens (tertiary/aromatic N) is 1. The van der Waals surface area contributed by atoms with Crippen molar-refractivity contribution in [3.05, 3.63) is 0 Å². The standard InChI is InChI=1S/C14H27N3O/c1-11(2)8-16-14(18)10-17(13-5-6-13)9-12-4-3-7-15-12/h11-13,15H,3-10H2,1-2H3,(H,16,18). The summed E-state index contributed by atoms with van der Waals surface area (Å²) in [6, 6.07) is 1.26. The summed E-state index contributed by atoms with van der Waals surface area (Å²) in [5.41, 5.74) is 0. The lowest BCUT2D eigenvalue weighted by molar-refractivity contribution is -0.122. The van der Waals surface area contributed by atoms with Gasteiger partial charge in [0.2, 0.25) is 5.91 Å². The van der Waals surface area contributed by atoms with Crippen LogP contribution in [0.25, 0.3) is 0 Å². The van der Waals surface area contributed by atoms with Crippen LogP contribution in [0.15, 0.2) is 0 Å². The molecule has 1 aliphatic heterocycles. The maximum atomic E-state index is 11.9. The van der Waals surface area contributed by atoms with Crippen molar-refractivity contribution in [2.24, 2.45) is 5.92 Å². The minimum Gasteiger partial charge on any atom is -0.355 e. The molecule has 1 amide bonds. The quantitative estimate of drug-likeness (QED) is 0.711. The van der Waals surface area contributed by atoms with Crippen LogP contribution in [0.1, 0.15) is 39.5 Å². The molecule has 1 unspecified atom stereocenters. The van der Waals surface area contributed by atoms with Gasteiger partial charge in [-0.25, -0.2) is 0 Å². The molecule has 1 atom stereocenters. The van der Waals surface area contributed by atoms with E-state index in [4.69, 9.17) is 0 Å². The molecule has 0 radical (unpaired) electrons. The predicted molar refractivity (Wildman–Crippen MR) is 73.5 cm³/mol. The van der Waals surface area contributed by atoms with Crippen molar-refractivity contribution in [1.82, 2.24) is 15.5 Å². The Morgan fingerprint density at radius 1 is 1.39 bits per heavy atom. The van der Waals surface area contributed by atoms with Crippen molar-refractivity contribution < 1.29 is 4.79 Å². The van der Waals surface area contributed by atoms with Crippen LogP contribution in [0.5, 0.6) is 0 Å². The lowest BCUT2D eigenvalue weighted by Crippen LogP contribution is -2.44. The van der Waals surface area contributed by atoms with Crippen molar-refractivity contribution in [1.29, 1.82) is 0 Å². The Labute approximate surface area is 110 Å². The molecule has 2 N–H and O–H groups in total. The minimum atomic E-state index is 0.189. The number of nitrogens with one attached hydrogen (secondary N) is 2. The molecule has 2 rings (SSSR count). The van der Waals surface area contributed by atoms with E-state index in [0.29, 0.717) is 24.5 Å². The first-order valence-electron chi connectivity index (χ1n) is 7.39. The van der Waals surface area contributed by atoms with E-state index in [9.17, 15) is 4.79 Å². The van der Waals surface area contributed by atoms with Crippen molar-refractivity contribution in [3.63, 3.8) is 0 Å². The normalized spacial score (nSPS) is 23.9. The topological polar surface area (TPSA) is 44.4 Å². The van der Waals surface area contributed by atoms with E-state index in [1.165, 1.54) is 25.7 Å². The monoisotopic (exact) mass is 253 g/mol. The maximum absolute atomic E-state index is 11.9. The van der Waals surface area contributed by atoms with Gasteiger partial charge in [-0.3, -0.25) is 9.69 Å². The zero-order valence-electron chi connectivity index (χ0n) is 11.7. The van der Waals surface area contributed by atoms with Gasteiger partial charge in [0.05, 0.1) is 6.54 Å². The summed E-state index contributed by atoms with van der Waals surface area (Å²) in [4.78, 5) is 14.3. The van der Waals surface area contributed by atoms with Crippen LogP contribution < -0.4 is 10.6 Å². The maximum Gasteiger partial charge on any atom is 0.234 e. The van der Waals surface area contributed by atoms with Gasteiger partial charge in [-0.1, -0.05) is 13.8 Å². The average molecular weight is 253 g/mol. The van der Waals surface area contributed by atoms with Crippen molar-refractivity contribution in [3.8, 4) is 0 Å². The Balaban J connectivity index is 1.73. The number of amides is 1. The lowest BCUT2D eigenvalue weighted by atomic mass is 10.2. The fraction of sp³-hybridized carbons (Fsp3) is 0.929. The molecule has 1 saturated heterocycles. The zero-order valence-corrected chi connectivity index (χ0v) is 11.7. The Kier molecular flexibility index (Phi) is 5.01. The summed E-state index contributed by atoms with van der Waals surface area (Å²) in [6.45, 7) is 7.81. The molecule has 104 valence electrons. The highest BCUT2D eigenvalue weighted by molar-refractivity contribution is 5.78. The Hall–Kier alpha value is -0.610. The van der Waals surface area contributed by atoms with Crippen molar-refractivity contribution in [2.75, 3.05) is 26.2 Å². The smallest absolute Gasteiger partial charge is 0.234 e. The van der Waals surface area contributed by atoms with Gasteiger partial charge >= 0.3 is 0 Å². The van der Waals surface area contributed by atoms with Gasteiger partial charge in [0.15, 0.2) is 0 Å². The number of carbonyl (C=O) groups excluding carboxylic acids is 1. The Morgan fingerprint density at radius 2 is 2.17 bits per heavy atom. The fourth-order valence-electron chi connectivity index (χ4n) is 2.54. The van der Waals surface area contributed by atoms with Gasteiger partial charge in [0, 0.05) is 25.2 Å². The first-order valence-corrected chi connectivity index (χ1v) is 7.39. The third-order valence-corrected chi connectivity index (χ3v) is 3.73. The molecule has 1 aliphatic carbocycles. The van der Waals surface area contributed by atoms with E-state index < -0.39 is 0 Å². The van der Waals surface area contributed by atoms with Crippen LogP contribution in [-0.4, -0.2) is 49.1 Å². The molecule has 4 heteroatoms. The molecule has 1 heterocycles. The summed E-state index contributed by atoms with van der Waals surface area (Å²) >= 11 is 0. The van der Waals surface area contributed by atoms with Gasteiger partial charge in [-0.05, 0) is 38.1 Å². The van der Waals surface area contributed by atoms with Crippen LogP contribution in [0.4, 0.5) is 0 Å². The third kappa shape index (κ3) is 4.58. The van der Waals surface area contributed by atoms with Crippen LogP contribution in [0, 0.1) is 5.92 Å². The first kappa shape index (κ1) is 13.8. The van der Waals surface area contributed by atoms with E-state index in [2.05, 4.69) is 29.4 Å². The predicted octanol–water partition coefficient (Wildman–Crippen LogP) is 0.975. The SMILES string of the molecule is CC(C)CNC(=O)CN(CC1CCCN1)C1CC1. The van der Waals surface area contributed by atoms with E-state index in [0.717, 1.165) is 19.6 Å². The van der Waals surface area contributed by atoms with E-state index in [1.54, 1.807) is 0 Å². The number of rotatable bonds is 7. The first-order chi connectivity index (χ1) is 8.65.